The molecule has 0 aliphatic rings. The van der Waals surface area contributed by atoms with E-state index in [1.807, 2.05) is 0 Å². The lowest BCUT2D eigenvalue weighted by molar-refractivity contribution is -0.449. The van der Waals surface area contributed by atoms with Crippen LogP contribution in [0.1, 0.15) is 13.8 Å². The number of amides is 2. The van der Waals surface area contributed by atoms with Gasteiger partial charge >= 0.3 is 47.7 Å². The summed E-state index contributed by atoms with van der Waals surface area (Å²) in [4.78, 5) is 34.7. The summed E-state index contributed by atoms with van der Waals surface area (Å²) in [5.74, 6) is -55.3. The monoisotopic (exact) mass is 612 g/mol. The van der Waals surface area contributed by atoms with E-state index in [1.165, 1.54) is 0 Å². The second-order valence-corrected chi connectivity index (χ2v) is 8.43. The molecule has 39 heavy (non-hydrogen) atoms. The van der Waals surface area contributed by atoms with Crippen LogP contribution in [0.15, 0.2) is 0 Å². The third-order valence-electron chi connectivity index (χ3n) is 4.69. The molecule has 6 nitrogen and oxygen atoms in total. The van der Waals surface area contributed by atoms with E-state index in [1.54, 1.807) is 13.8 Å². The molecule has 0 saturated carbocycles. The lowest BCUT2D eigenvalue weighted by Gasteiger charge is -2.41. The predicted octanol–water partition coefficient (Wildman–Crippen LogP) is 4.48. The van der Waals surface area contributed by atoms with E-state index in [4.69, 9.17) is 0 Å². The third kappa shape index (κ3) is 6.41. The number of hydrogen-bond acceptors (Lipinski definition) is 4. The van der Waals surface area contributed by atoms with Gasteiger partial charge < -0.3 is 14.5 Å². The van der Waals surface area contributed by atoms with E-state index in [0.717, 1.165) is 7.05 Å². The van der Waals surface area contributed by atoms with Crippen molar-refractivity contribution < 1.29 is 85.0 Å². The number of likely N-dealkylation sites (N-methyl/N-ethyl adjacent to an activating group) is 2. The maximum absolute atomic E-state index is 14.0. The van der Waals surface area contributed by atoms with Crippen molar-refractivity contribution in [3.05, 3.63) is 0 Å². The molecule has 0 heterocycles. The van der Waals surface area contributed by atoms with Crippen molar-refractivity contribution >= 4 is 17.8 Å². The summed E-state index contributed by atoms with van der Waals surface area (Å²) < 4.78 is 203. The van der Waals surface area contributed by atoms with E-state index in [9.17, 15) is 80.2 Å². The number of nitrogens with zero attached hydrogens (tertiary/aromatic N) is 2. The molecule has 21 heteroatoms. The Morgan fingerprint density at radius 1 is 0.615 bits per heavy atom. The van der Waals surface area contributed by atoms with Gasteiger partial charge in [0, 0.05) is 14.1 Å². The van der Waals surface area contributed by atoms with Gasteiger partial charge in [-0.15, -0.1) is 0 Å². The molecule has 0 aromatic rings. The average Bonchev–Trinajstić information content (AvgIpc) is 2.75. The van der Waals surface area contributed by atoms with Crippen LogP contribution in [-0.2, 0) is 19.1 Å². The van der Waals surface area contributed by atoms with Crippen molar-refractivity contribution in [1.82, 2.24) is 9.80 Å². The van der Waals surface area contributed by atoms with Crippen LogP contribution < -0.4 is 0 Å². The third-order valence-corrected chi connectivity index (χ3v) is 4.69. The van der Waals surface area contributed by atoms with E-state index >= 15 is 0 Å². The summed E-state index contributed by atoms with van der Waals surface area (Å²) in [7, 11) is 0.777. The summed E-state index contributed by atoms with van der Waals surface area (Å²) in [5, 5.41) is 0. The van der Waals surface area contributed by atoms with Crippen LogP contribution in [0.5, 0.6) is 0 Å². The van der Waals surface area contributed by atoms with Crippen molar-refractivity contribution in [3.8, 4) is 0 Å². The molecule has 0 unspecified atom stereocenters. The number of carbonyl (C=O) groups is 3. The number of halogens is 15. The number of hydrogen-bond donors (Lipinski definition) is 0. The largest absolute Gasteiger partial charge is 0.464 e. The number of esters is 1. The second kappa shape index (κ2) is 11.1. The van der Waals surface area contributed by atoms with E-state index < -0.39 is 77.5 Å². The molecule has 0 aliphatic carbocycles. The Morgan fingerprint density at radius 2 is 1.00 bits per heavy atom. The van der Waals surface area contributed by atoms with Gasteiger partial charge in [0.2, 0.25) is 5.91 Å². The Hall–Kier alpha value is -2.64. The SMILES string of the molecule is CC(C)COC(=O)CN(C)C(=O)CN(C)C(=O)C(F)(F)C(F)(F)C(F)(F)C(F)(F)C(F)(F)C(F)(F)C(F)(F)F. The number of carbonyl (C=O) groups excluding carboxylic acids is 3. The molecule has 0 atom stereocenters. The van der Waals surface area contributed by atoms with Crippen LogP contribution in [-0.4, -0.2) is 103 Å². The normalized spacial score (nSPS) is 14.4. The highest BCUT2D eigenvalue weighted by Crippen LogP contribution is 2.62. The van der Waals surface area contributed by atoms with Crippen LogP contribution >= 0.6 is 0 Å². The summed E-state index contributed by atoms with van der Waals surface area (Å²) in [5.41, 5.74) is 0. The van der Waals surface area contributed by atoms with Crippen molar-refractivity contribution in [3.63, 3.8) is 0 Å². The maximum atomic E-state index is 14.0. The van der Waals surface area contributed by atoms with Gasteiger partial charge in [-0.3, -0.25) is 14.4 Å². The lowest BCUT2D eigenvalue weighted by Crippen LogP contribution is -2.74. The van der Waals surface area contributed by atoms with Gasteiger partial charge in [0.1, 0.15) is 6.54 Å². The molecule has 0 saturated heterocycles. The Bertz CT molecular complexity index is 919. The molecule has 0 N–H and O–H groups in total. The fraction of sp³-hybridized carbons (Fsp3) is 0.833. The average molecular weight is 612 g/mol. The Kier molecular flexibility index (Phi) is 10.3. The van der Waals surface area contributed by atoms with Crippen LogP contribution in [0.2, 0.25) is 0 Å². The summed E-state index contributed by atoms with van der Waals surface area (Å²) in [6, 6.07) is 0. The zero-order valence-electron chi connectivity index (χ0n) is 19.9. The molecule has 230 valence electrons. The summed E-state index contributed by atoms with van der Waals surface area (Å²) in [6.07, 6.45) is -7.75. The smallest absolute Gasteiger partial charge is 0.460 e. The first-order valence-corrected chi connectivity index (χ1v) is 9.93. The first kappa shape index (κ1) is 36.4. The Labute approximate surface area is 209 Å². The van der Waals surface area contributed by atoms with Gasteiger partial charge in [0.05, 0.1) is 13.2 Å². The quantitative estimate of drug-likeness (QED) is 0.241. The molecule has 0 aliphatic heterocycles. The van der Waals surface area contributed by atoms with Gasteiger partial charge in [0.15, 0.2) is 0 Å². The first-order chi connectivity index (χ1) is 16.9. The zero-order chi connectivity index (χ0) is 31.8. The van der Waals surface area contributed by atoms with Crippen LogP contribution in [0.4, 0.5) is 65.9 Å². The van der Waals surface area contributed by atoms with Crippen LogP contribution in [0.3, 0.4) is 0 Å². The highest BCUT2D eigenvalue weighted by atomic mass is 19.4. The fourth-order valence-electron chi connectivity index (χ4n) is 2.32. The molecule has 0 aromatic heterocycles. The molecule has 0 aromatic carbocycles. The molecule has 0 spiro atoms. The fourth-order valence-corrected chi connectivity index (χ4v) is 2.32. The van der Waals surface area contributed by atoms with Gasteiger partial charge in [-0.1, -0.05) is 13.8 Å². The summed E-state index contributed by atoms with van der Waals surface area (Å²) >= 11 is 0. The van der Waals surface area contributed by atoms with Gasteiger partial charge in [-0.25, -0.2) is 0 Å². The van der Waals surface area contributed by atoms with Crippen molar-refractivity contribution in [2.45, 2.75) is 55.6 Å². The van der Waals surface area contributed by atoms with Gasteiger partial charge in [-0.2, -0.15) is 65.9 Å². The standard InChI is InChI=1S/C18H19F15N2O4/c1-8(2)7-39-10(37)6-34(3)9(36)5-35(4)11(38)12(19,20)13(21,22)14(23,24)15(25,26)16(27,28)17(29,30)18(31,32)33/h8H,5-7H2,1-4H3. The minimum absolute atomic E-state index is 0.0117. The Morgan fingerprint density at radius 3 is 1.38 bits per heavy atom. The highest BCUT2D eigenvalue weighted by molar-refractivity contribution is 5.90. The molecule has 0 rings (SSSR count). The zero-order valence-corrected chi connectivity index (χ0v) is 19.9. The van der Waals surface area contributed by atoms with Crippen molar-refractivity contribution in [2.75, 3.05) is 33.8 Å². The van der Waals surface area contributed by atoms with Crippen LogP contribution in [0, 0.1) is 5.92 Å². The molecular weight excluding hydrogens is 593 g/mol. The molecule has 0 radical (unpaired) electrons. The number of rotatable bonds is 12. The lowest BCUT2D eigenvalue weighted by atomic mass is 9.90. The minimum atomic E-state index is -8.54. The van der Waals surface area contributed by atoms with Crippen molar-refractivity contribution in [1.29, 1.82) is 0 Å². The number of alkyl halides is 15. The molecular formula is C18H19F15N2O4. The second-order valence-electron chi connectivity index (χ2n) is 8.43. The first-order valence-electron chi connectivity index (χ1n) is 9.93. The van der Waals surface area contributed by atoms with Crippen molar-refractivity contribution in [2.24, 2.45) is 5.92 Å². The number of ether oxygens (including phenoxy) is 1. The van der Waals surface area contributed by atoms with E-state index in [-0.39, 0.29) is 19.6 Å². The van der Waals surface area contributed by atoms with Gasteiger partial charge in [-0.05, 0) is 5.92 Å². The minimum Gasteiger partial charge on any atom is -0.464 e. The van der Waals surface area contributed by atoms with Gasteiger partial charge in [0.25, 0.3) is 5.91 Å². The maximum Gasteiger partial charge on any atom is 0.460 e. The molecule has 0 fully saturated rings. The van der Waals surface area contributed by atoms with Crippen LogP contribution in [0.25, 0.3) is 0 Å². The highest BCUT2D eigenvalue weighted by Gasteiger charge is 2.94. The predicted molar refractivity (Wildman–Crippen MR) is 96.8 cm³/mol. The van der Waals surface area contributed by atoms with E-state index in [2.05, 4.69) is 4.74 Å². The van der Waals surface area contributed by atoms with E-state index in [0.29, 0.717) is 4.90 Å². The topological polar surface area (TPSA) is 66.9 Å². The summed E-state index contributed by atoms with van der Waals surface area (Å²) in [6.45, 7) is 0.338. The Balaban J connectivity index is 6.06. The molecule has 0 bridgehead atoms. The molecule has 2 amide bonds.